The van der Waals surface area contributed by atoms with Crippen LogP contribution in [0.2, 0.25) is 0 Å². The quantitative estimate of drug-likeness (QED) is 0.514. The molecule has 0 aliphatic carbocycles. The van der Waals surface area contributed by atoms with Crippen LogP contribution < -0.4 is 5.32 Å². The molecule has 0 radical (unpaired) electrons. The number of thiophene rings is 1. The number of hydrogen-bond donors (Lipinski definition) is 1. The molecule has 0 saturated heterocycles. The average Bonchev–Trinajstić information content (AvgIpc) is 3.14. The van der Waals surface area contributed by atoms with E-state index in [1.165, 1.54) is 5.57 Å². The van der Waals surface area contributed by atoms with Gasteiger partial charge >= 0.3 is 0 Å². The van der Waals surface area contributed by atoms with Gasteiger partial charge in [-0.3, -0.25) is 4.79 Å². The number of benzene rings is 1. The Morgan fingerprint density at radius 2 is 2.04 bits per heavy atom. The van der Waals surface area contributed by atoms with E-state index in [-0.39, 0.29) is 11.9 Å². The number of carbonyl (C=O) groups is 1. The van der Waals surface area contributed by atoms with Crippen molar-refractivity contribution in [2.24, 2.45) is 0 Å². The van der Waals surface area contributed by atoms with Crippen molar-refractivity contribution in [3.63, 3.8) is 0 Å². The summed E-state index contributed by atoms with van der Waals surface area (Å²) in [5, 5.41) is 5.19. The first-order valence-corrected chi connectivity index (χ1v) is 9.90. The van der Waals surface area contributed by atoms with Gasteiger partial charge in [0, 0.05) is 11.9 Å². The smallest absolute Gasteiger partial charge is 0.268 e. The molecule has 1 atom stereocenters. The minimum absolute atomic E-state index is 0.0398. The van der Waals surface area contributed by atoms with Crippen LogP contribution in [0.15, 0.2) is 57.9 Å². The van der Waals surface area contributed by atoms with Crippen molar-refractivity contribution < 1.29 is 4.79 Å². The predicted molar refractivity (Wildman–Crippen MR) is 109 cm³/mol. The highest BCUT2D eigenvalue weighted by atomic mass is 79.9. The van der Waals surface area contributed by atoms with E-state index in [0.29, 0.717) is 12.2 Å². The topological polar surface area (TPSA) is 34.0 Å². The van der Waals surface area contributed by atoms with Crippen LogP contribution in [0.5, 0.6) is 0 Å². The number of amides is 1. The number of fused-ring (bicyclic) bond motifs is 1. The van der Waals surface area contributed by atoms with E-state index in [2.05, 4.69) is 51.1 Å². The van der Waals surface area contributed by atoms with Crippen LogP contribution in [-0.4, -0.2) is 10.5 Å². The maximum atomic E-state index is 12.9. The van der Waals surface area contributed by atoms with E-state index in [1.807, 2.05) is 43.3 Å². The normalized spacial score (nSPS) is 12.2. The Labute approximate surface area is 160 Å². The van der Waals surface area contributed by atoms with Crippen LogP contribution in [0.1, 0.15) is 42.9 Å². The van der Waals surface area contributed by atoms with Gasteiger partial charge in [0.05, 0.1) is 20.7 Å². The summed E-state index contributed by atoms with van der Waals surface area (Å²) in [5.74, 6) is -0.0474. The number of allylic oxidation sites excluding steroid dienone is 2. The molecule has 0 fully saturated rings. The molecule has 0 bridgehead atoms. The number of carbonyl (C=O) groups excluding carboxylic acids is 1. The monoisotopic (exact) mass is 416 g/mol. The summed E-state index contributed by atoms with van der Waals surface area (Å²) in [6.45, 7) is 6.83. The Hall–Kier alpha value is -1.85. The van der Waals surface area contributed by atoms with Crippen molar-refractivity contribution in [3.05, 3.63) is 69.2 Å². The zero-order valence-electron chi connectivity index (χ0n) is 14.5. The molecule has 3 rings (SSSR count). The van der Waals surface area contributed by atoms with Gasteiger partial charge < -0.3 is 9.88 Å². The number of aromatic nitrogens is 1. The van der Waals surface area contributed by atoms with Crippen LogP contribution in [0, 0.1) is 0 Å². The summed E-state index contributed by atoms with van der Waals surface area (Å²) < 4.78 is 4.23. The average molecular weight is 417 g/mol. The van der Waals surface area contributed by atoms with Gasteiger partial charge in [-0.1, -0.05) is 42.0 Å². The molecule has 0 aliphatic rings. The van der Waals surface area contributed by atoms with E-state index in [1.54, 1.807) is 11.3 Å². The number of nitrogens with one attached hydrogen (secondary N) is 1. The van der Waals surface area contributed by atoms with Crippen LogP contribution in [0.3, 0.4) is 0 Å². The van der Waals surface area contributed by atoms with Crippen LogP contribution in [0.25, 0.3) is 10.2 Å². The van der Waals surface area contributed by atoms with Crippen molar-refractivity contribution >= 4 is 43.4 Å². The first-order valence-electron chi connectivity index (χ1n) is 8.22. The van der Waals surface area contributed by atoms with E-state index in [0.717, 1.165) is 20.3 Å². The van der Waals surface area contributed by atoms with Crippen molar-refractivity contribution in [2.75, 3.05) is 0 Å². The number of nitrogens with zero attached hydrogens (tertiary/aromatic N) is 1. The summed E-state index contributed by atoms with van der Waals surface area (Å²) in [4.78, 5) is 12.9. The molecule has 5 heteroatoms. The fourth-order valence-corrected chi connectivity index (χ4v) is 4.47. The molecule has 2 aromatic heterocycles. The highest BCUT2D eigenvalue weighted by Crippen LogP contribution is 2.33. The molecule has 1 amide bonds. The minimum atomic E-state index is -0.0474. The van der Waals surface area contributed by atoms with Gasteiger partial charge in [-0.25, -0.2) is 0 Å². The van der Waals surface area contributed by atoms with Crippen LogP contribution in [0.4, 0.5) is 0 Å². The standard InChI is InChI=1S/C20H21BrN2OS/c1-13(2)9-10-23-17(11-18-19(23)16(21)12-25-18)20(24)22-14(3)15-7-5-4-6-8-15/h4-9,11-12,14H,10H2,1-3H3,(H,22,24). The summed E-state index contributed by atoms with van der Waals surface area (Å²) in [6.07, 6.45) is 2.14. The van der Waals surface area contributed by atoms with E-state index >= 15 is 0 Å². The summed E-state index contributed by atoms with van der Waals surface area (Å²) in [6, 6.07) is 12.0. The highest BCUT2D eigenvalue weighted by molar-refractivity contribution is 9.10. The van der Waals surface area contributed by atoms with Gasteiger partial charge in [0.15, 0.2) is 0 Å². The first kappa shape index (κ1) is 18.0. The van der Waals surface area contributed by atoms with E-state index < -0.39 is 0 Å². The van der Waals surface area contributed by atoms with Crippen molar-refractivity contribution in [1.82, 2.24) is 9.88 Å². The molecular weight excluding hydrogens is 396 g/mol. The summed E-state index contributed by atoms with van der Waals surface area (Å²) in [7, 11) is 0. The number of halogens is 1. The second-order valence-corrected chi connectivity index (χ2v) is 8.09. The zero-order valence-corrected chi connectivity index (χ0v) is 16.9. The van der Waals surface area contributed by atoms with Crippen LogP contribution >= 0.6 is 27.3 Å². The fourth-order valence-electron chi connectivity index (χ4n) is 2.78. The molecule has 1 aromatic carbocycles. The molecule has 25 heavy (non-hydrogen) atoms. The van der Waals surface area contributed by atoms with Gasteiger partial charge in [0.1, 0.15) is 5.69 Å². The third-order valence-corrected chi connectivity index (χ3v) is 5.97. The lowest BCUT2D eigenvalue weighted by atomic mass is 10.1. The van der Waals surface area contributed by atoms with Crippen molar-refractivity contribution in [3.8, 4) is 0 Å². The molecule has 0 saturated carbocycles. The maximum absolute atomic E-state index is 12.9. The summed E-state index contributed by atoms with van der Waals surface area (Å²) >= 11 is 5.26. The first-order chi connectivity index (χ1) is 12.0. The minimum Gasteiger partial charge on any atom is -0.344 e. The Morgan fingerprint density at radius 3 is 2.72 bits per heavy atom. The molecule has 3 aromatic rings. The van der Waals surface area contributed by atoms with Crippen LogP contribution in [-0.2, 0) is 6.54 Å². The predicted octanol–water partition coefficient (Wildman–Crippen LogP) is 5.92. The number of rotatable bonds is 5. The third kappa shape index (κ3) is 3.88. The largest absolute Gasteiger partial charge is 0.344 e. The van der Waals surface area contributed by atoms with E-state index in [9.17, 15) is 4.79 Å². The second kappa shape index (κ2) is 7.58. The van der Waals surface area contributed by atoms with E-state index in [4.69, 9.17) is 0 Å². The Morgan fingerprint density at radius 1 is 1.32 bits per heavy atom. The molecule has 1 N–H and O–H groups in total. The van der Waals surface area contributed by atoms with Gasteiger partial charge in [-0.2, -0.15) is 0 Å². The van der Waals surface area contributed by atoms with Gasteiger partial charge in [-0.15, -0.1) is 11.3 Å². The molecule has 3 nitrogen and oxygen atoms in total. The lowest BCUT2D eigenvalue weighted by Gasteiger charge is -2.15. The Balaban J connectivity index is 1.93. The molecule has 1 unspecified atom stereocenters. The van der Waals surface area contributed by atoms with Gasteiger partial charge in [-0.05, 0) is 48.3 Å². The lowest BCUT2D eigenvalue weighted by molar-refractivity contribution is 0.0931. The van der Waals surface area contributed by atoms with Crippen molar-refractivity contribution in [1.29, 1.82) is 0 Å². The molecule has 0 aliphatic heterocycles. The number of hydrogen-bond acceptors (Lipinski definition) is 2. The lowest BCUT2D eigenvalue weighted by Crippen LogP contribution is -2.28. The van der Waals surface area contributed by atoms with Gasteiger partial charge in [0.2, 0.25) is 0 Å². The van der Waals surface area contributed by atoms with Gasteiger partial charge in [0.25, 0.3) is 5.91 Å². The highest BCUT2D eigenvalue weighted by Gasteiger charge is 2.19. The SMILES string of the molecule is CC(C)=CCn1c(C(=O)NC(C)c2ccccc2)cc2scc(Br)c21. The molecular formula is C20H21BrN2OS. The molecule has 2 heterocycles. The second-order valence-electron chi connectivity index (χ2n) is 6.32. The Bertz CT molecular complexity index is 920. The maximum Gasteiger partial charge on any atom is 0.268 e. The Kier molecular flexibility index (Phi) is 5.45. The fraction of sp³-hybridized carbons (Fsp3) is 0.250. The molecule has 130 valence electrons. The molecule has 0 spiro atoms. The third-order valence-electron chi connectivity index (χ3n) is 4.14. The zero-order chi connectivity index (χ0) is 18.0. The summed E-state index contributed by atoms with van der Waals surface area (Å²) in [5.41, 5.74) is 4.11. The van der Waals surface area contributed by atoms with Crippen molar-refractivity contribution in [2.45, 2.75) is 33.4 Å².